The average Bonchev–Trinajstić information content (AvgIpc) is 2.46. The molecule has 0 aromatic rings. The van der Waals surface area contributed by atoms with E-state index in [0.717, 1.165) is 11.8 Å². The van der Waals surface area contributed by atoms with Crippen molar-refractivity contribution in [1.82, 2.24) is 0 Å². The van der Waals surface area contributed by atoms with Crippen molar-refractivity contribution in [3.8, 4) is 0 Å². The van der Waals surface area contributed by atoms with Crippen LogP contribution in [0.5, 0.6) is 0 Å². The first kappa shape index (κ1) is 3.65. The summed E-state index contributed by atoms with van der Waals surface area (Å²) < 4.78 is 0. The van der Waals surface area contributed by atoms with Gasteiger partial charge in [0, 0.05) is 11.6 Å². The first-order chi connectivity index (χ1) is 3.29. The molecule has 38 valence electrons. The molecule has 0 spiro atoms. The Hall–Kier alpha value is -0.330. The maximum Gasteiger partial charge on any atom is 0.00839 e. The second-order valence-electron chi connectivity index (χ2n) is 2.96. The van der Waals surface area contributed by atoms with Crippen LogP contribution in [0.2, 0.25) is 0 Å². The van der Waals surface area contributed by atoms with Crippen LogP contribution in [0.4, 0.5) is 0 Å². The van der Waals surface area contributed by atoms with Gasteiger partial charge < -0.3 is 5.41 Å². The Morgan fingerprint density at radius 2 is 2.29 bits per heavy atom. The van der Waals surface area contributed by atoms with Crippen molar-refractivity contribution in [2.45, 2.75) is 13.3 Å². The van der Waals surface area contributed by atoms with E-state index in [-0.39, 0.29) is 0 Å². The predicted molar refractivity (Wildman–Crippen MR) is 28.5 cm³/mol. The summed E-state index contributed by atoms with van der Waals surface area (Å²) in [5, 5.41) is 6.95. The zero-order valence-electron chi connectivity index (χ0n) is 4.44. The Labute approximate surface area is 43.2 Å². The minimum absolute atomic E-state index is 0.389. The van der Waals surface area contributed by atoms with E-state index >= 15 is 0 Å². The molecule has 7 heavy (non-hydrogen) atoms. The van der Waals surface area contributed by atoms with Gasteiger partial charge in [0.05, 0.1) is 0 Å². The molecule has 1 N–H and O–H groups in total. The molecule has 0 aliphatic heterocycles. The first-order valence-corrected chi connectivity index (χ1v) is 2.80. The van der Waals surface area contributed by atoms with Crippen LogP contribution in [0.3, 0.4) is 0 Å². The molecule has 2 unspecified atom stereocenters. The van der Waals surface area contributed by atoms with Crippen LogP contribution in [0.1, 0.15) is 13.3 Å². The van der Waals surface area contributed by atoms with Crippen LogP contribution in [0, 0.1) is 22.7 Å². The highest BCUT2D eigenvalue weighted by atomic mass is 14.8. The number of fused-ring (bicyclic) bond motifs is 1. The Kier molecular flexibility index (Phi) is 0.345. The molecule has 1 nitrogen and oxygen atoms in total. The summed E-state index contributed by atoms with van der Waals surface area (Å²) in [6.07, 6.45) is 3.03. The van der Waals surface area contributed by atoms with Gasteiger partial charge in [0.15, 0.2) is 0 Å². The highest BCUT2D eigenvalue weighted by molar-refractivity contribution is 5.71. The van der Waals surface area contributed by atoms with Crippen LogP contribution in [-0.2, 0) is 0 Å². The summed E-state index contributed by atoms with van der Waals surface area (Å²) in [6, 6.07) is 0. The second-order valence-corrected chi connectivity index (χ2v) is 2.96. The number of hydrogen-bond acceptors (Lipinski definition) is 1. The van der Waals surface area contributed by atoms with E-state index < -0.39 is 0 Å². The molecule has 2 rings (SSSR count). The van der Waals surface area contributed by atoms with Crippen molar-refractivity contribution >= 4 is 6.21 Å². The van der Waals surface area contributed by atoms with E-state index in [2.05, 4.69) is 6.92 Å². The van der Waals surface area contributed by atoms with Crippen LogP contribution >= 0.6 is 0 Å². The van der Waals surface area contributed by atoms with Gasteiger partial charge in [-0.2, -0.15) is 0 Å². The highest BCUT2D eigenvalue weighted by Crippen LogP contribution is 2.76. The lowest BCUT2D eigenvalue weighted by Crippen LogP contribution is -2.05. The smallest absolute Gasteiger partial charge is 0.00839 e. The van der Waals surface area contributed by atoms with Crippen molar-refractivity contribution in [3.63, 3.8) is 0 Å². The summed E-state index contributed by atoms with van der Waals surface area (Å²) >= 11 is 0. The molecule has 2 atom stereocenters. The number of rotatable bonds is 1. The highest BCUT2D eigenvalue weighted by Gasteiger charge is 2.72. The lowest BCUT2D eigenvalue weighted by atomic mass is 10.00. The molecule has 2 saturated carbocycles. The zero-order chi connectivity index (χ0) is 5.07. The van der Waals surface area contributed by atoms with Crippen LogP contribution in [-0.4, -0.2) is 6.21 Å². The molecule has 2 fully saturated rings. The molecule has 0 heterocycles. The van der Waals surface area contributed by atoms with E-state index in [1.807, 2.05) is 0 Å². The molecule has 0 saturated heterocycles. The molecule has 0 amide bonds. The minimum atomic E-state index is 0.389. The van der Waals surface area contributed by atoms with Gasteiger partial charge in [-0.1, -0.05) is 6.92 Å². The van der Waals surface area contributed by atoms with Gasteiger partial charge >= 0.3 is 0 Å². The normalized spacial score (nSPS) is 63.6. The van der Waals surface area contributed by atoms with Crippen molar-refractivity contribution < 1.29 is 0 Å². The molecule has 0 aromatic carbocycles. The fourth-order valence-corrected chi connectivity index (χ4v) is 1.48. The summed E-state index contributed by atoms with van der Waals surface area (Å²) in [6.45, 7) is 2.18. The molecule has 0 radical (unpaired) electrons. The van der Waals surface area contributed by atoms with Gasteiger partial charge in [0.2, 0.25) is 0 Å². The quantitative estimate of drug-likeness (QED) is 0.474. The van der Waals surface area contributed by atoms with Gasteiger partial charge in [-0.25, -0.2) is 0 Å². The average molecular weight is 95.1 g/mol. The fraction of sp³-hybridized carbons (Fsp3) is 0.833. The van der Waals surface area contributed by atoms with Gasteiger partial charge in [-0.05, 0) is 18.3 Å². The van der Waals surface area contributed by atoms with E-state index in [1.165, 1.54) is 6.42 Å². The molecular formula is C6H9N. The number of nitrogens with one attached hydrogen (secondary N) is 1. The largest absolute Gasteiger partial charge is 0.313 e. The SMILES string of the molecule is CC1(C=N)C2CC21. The fourth-order valence-electron chi connectivity index (χ4n) is 1.48. The molecule has 0 bridgehead atoms. The minimum Gasteiger partial charge on any atom is -0.313 e. The lowest BCUT2D eigenvalue weighted by molar-refractivity contribution is 0.572. The van der Waals surface area contributed by atoms with Crippen molar-refractivity contribution in [3.05, 3.63) is 0 Å². The van der Waals surface area contributed by atoms with Gasteiger partial charge in [-0.15, -0.1) is 0 Å². The van der Waals surface area contributed by atoms with Crippen LogP contribution < -0.4 is 0 Å². The Bertz CT molecular complexity index is 120. The summed E-state index contributed by atoms with van der Waals surface area (Å²) in [7, 11) is 0. The van der Waals surface area contributed by atoms with Crippen LogP contribution in [0.15, 0.2) is 0 Å². The third-order valence-electron chi connectivity index (χ3n) is 2.59. The molecule has 2 aliphatic rings. The van der Waals surface area contributed by atoms with Gasteiger partial charge in [0.25, 0.3) is 0 Å². The Morgan fingerprint density at radius 1 is 1.71 bits per heavy atom. The number of hydrogen-bond donors (Lipinski definition) is 1. The van der Waals surface area contributed by atoms with Crippen molar-refractivity contribution in [1.29, 1.82) is 5.41 Å². The monoisotopic (exact) mass is 95.1 g/mol. The Balaban J connectivity index is 2.19. The van der Waals surface area contributed by atoms with E-state index in [9.17, 15) is 0 Å². The molecule has 1 heteroatoms. The van der Waals surface area contributed by atoms with Gasteiger partial charge in [-0.3, -0.25) is 0 Å². The second kappa shape index (κ2) is 0.662. The van der Waals surface area contributed by atoms with Gasteiger partial charge in [0.1, 0.15) is 0 Å². The zero-order valence-corrected chi connectivity index (χ0v) is 4.44. The van der Waals surface area contributed by atoms with Crippen molar-refractivity contribution in [2.24, 2.45) is 17.3 Å². The summed E-state index contributed by atoms with van der Waals surface area (Å²) in [5.41, 5.74) is 0.389. The van der Waals surface area contributed by atoms with Crippen molar-refractivity contribution in [2.75, 3.05) is 0 Å². The van der Waals surface area contributed by atoms with E-state index in [0.29, 0.717) is 5.41 Å². The molecular weight excluding hydrogens is 86.1 g/mol. The molecule has 0 aromatic heterocycles. The maximum absolute atomic E-state index is 6.95. The maximum atomic E-state index is 6.95. The third-order valence-corrected chi connectivity index (χ3v) is 2.59. The predicted octanol–water partition coefficient (Wildman–Crippen LogP) is 1.29. The first-order valence-electron chi connectivity index (χ1n) is 2.80. The topological polar surface area (TPSA) is 23.9 Å². The van der Waals surface area contributed by atoms with E-state index in [4.69, 9.17) is 5.41 Å². The summed E-state index contributed by atoms with van der Waals surface area (Å²) in [4.78, 5) is 0. The standard InChI is InChI=1S/C6H9N/c1-6(3-7)4-2-5(4)6/h3-5,7H,2H2,1H3. The lowest BCUT2D eigenvalue weighted by Gasteiger charge is -2.05. The van der Waals surface area contributed by atoms with E-state index in [1.54, 1.807) is 6.21 Å². The molecule has 2 aliphatic carbocycles. The summed E-state index contributed by atoms with van der Waals surface area (Å²) in [5.74, 6) is 1.87. The Morgan fingerprint density at radius 3 is 2.29 bits per heavy atom. The third kappa shape index (κ3) is 0.219. The van der Waals surface area contributed by atoms with Crippen LogP contribution in [0.25, 0.3) is 0 Å².